The predicted octanol–water partition coefficient (Wildman–Crippen LogP) is 5.29. The second kappa shape index (κ2) is 16.6. The molecule has 0 aromatic heterocycles. The summed E-state index contributed by atoms with van der Waals surface area (Å²) in [6, 6.07) is 41.6. The van der Waals surface area contributed by atoms with Crippen molar-refractivity contribution in [3.8, 4) is 22.3 Å². The summed E-state index contributed by atoms with van der Waals surface area (Å²) in [5.74, 6) is 0.617. The Morgan fingerprint density at radius 1 is 0.698 bits per heavy atom. The van der Waals surface area contributed by atoms with Crippen LogP contribution >= 0.6 is 0 Å². The van der Waals surface area contributed by atoms with Gasteiger partial charge in [0.1, 0.15) is 0 Å². The van der Waals surface area contributed by atoms with Gasteiger partial charge in [0.2, 0.25) is 0 Å². The molecule has 1 aliphatic carbocycles. The van der Waals surface area contributed by atoms with Crippen LogP contribution in [0.2, 0.25) is 13.1 Å². The minimum Gasteiger partial charge on any atom is -1.00 e. The van der Waals surface area contributed by atoms with Gasteiger partial charge >= 0.3 is 41.9 Å². The molecular formula is C39H38Cl2SiZr-2. The van der Waals surface area contributed by atoms with E-state index in [1.807, 2.05) is 0 Å². The molecule has 0 spiro atoms. The Labute approximate surface area is 285 Å². The third-order valence-corrected chi connectivity index (χ3v) is 7.63. The normalized spacial score (nSPS) is 13.3. The van der Waals surface area contributed by atoms with Gasteiger partial charge < -0.3 is 24.8 Å². The van der Waals surface area contributed by atoms with Gasteiger partial charge in [0, 0.05) is 0 Å². The summed E-state index contributed by atoms with van der Waals surface area (Å²) < 4.78 is 0. The van der Waals surface area contributed by atoms with E-state index in [4.69, 9.17) is 0 Å². The zero-order valence-corrected chi connectivity index (χ0v) is 30.3. The van der Waals surface area contributed by atoms with Crippen LogP contribution in [0.15, 0.2) is 127 Å². The molecule has 1 atom stereocenters. The molecule has 1 unspecified atom stereocenters. The van der Waals surface area contributed by atoms with Crippen molar-refractivity contribution >= 4 is 27.0 Å². The van der Waals surface area contributed by atoms with Crippen molar-refractivity contribution in [3.05, 3.63) is 144 Å². The van der Waals surface area contributed by atoms with Gasteiger partial charge in [-0.05, 0) is 29.9 Å². The molecule has 218 valence electrons. The first kappa shape index (κ1) is 35.0. The summed E-state index contributed by atoms with van der Waals surface area (Å²) in [4.78, 5) is 0. The first-order chi connectivity index (χ1) is 19.9. The average Bonchev–Trinajstić information content (AvgIpc) is 3.74. The number of fused-ring (bicyclic) bond motifs is 2. The van der Waals surface area contributed by atoms with Gasteiger partial charge in [-0.1, -0.05) is 110 Å². The van der Waals surface area contributed by atoms with E-state index >= 15 is 0 Å². The molecule has 0 fully saturated rings. The van der Waals surface area contributed by atoms with Crippen LogP contribution in [0.1, 0.15) is 35.4 Å². The molecular weight excluding hydrogens is 659 g/mol. The standard InChI is InChI=1S/C20H17.C17H15.C2H6Si.2ClH.Zr/c1-2-9-16(10-3-1)19-12-6-11-17-13-18(14-20(17)19)15-7-4-5-8-15;1-12-10-16-13(2)8-9-15(17(16)11-12)14-6-4-3-5-7-14;1-3-2;;;/h1-4,6-7,9-15H,5,8H2;3-11H,1-2H3;1-2H3;2*1H;/q2*-1;;;;+2/p-2. The SMILES string of the molecule is C1=CC(c2cc3c(-c4ccccc4)cccc3[cH-]2)CC1.C[Si](C)=[Zr+2].Cc1cc2c(-c3ccccc3)ccc(C)c2[cH-]1.[Cl-].[Cl-]. The molecule has 0 heterocycles. The summed E-state index contributed by atoms with van der Waals surface area (Å²) in [5, 5.41) is 5.49. The molecule has 0 radical (unpaired) electrons. The molecule has 0 aliphatic heterocycles. The number of rotatable bonds is 3. The van der Waals surface area contributed by atoms with E-state index < -0.39 is 0 Å². The van der Waals surface area contributed by atoms with Gasteiger partial charge in [0.25, 0.3) is 0 Å². The molecule has 4 heteroatoms. The van der Waals surface area contributed by atoms with Crippen molar-refractivity contribution in [1.29, 1.82) is 0 Å². The summed E-state index contributed by atoms with van der Waals surface area (Å²) in [5.41, 5.74) is 9.65. The molecule has 0 saturated heterocycles. The van der Waals surface area contributed by atoms with Gasteiger partial charge in [-0.25, -0.2) is 0 Å². The van der Waals surface area contributed by atoms with Crippen LogP contribution in [0.3, 0.4) is 0 Å². The van der Waals surface area contributed by atoms with Crippen LogP contribution < -0.4 is 24.8 Å². The van der Waals surface area contributed by atoms with E-state index in [-0.39, 0.29) is 30.2 Å². The first-order valence-electron chi connectivity index (χ1n) is 14.6. The van der Waals surface area contributed by atoms with E-state index in [1.165, 1.54) is 73.3 Å². The smallest absolute Gasteiger partial charge is 0.0279 e. The maximum Gasteiger partial charge on any atom is -0.0279 e. The molecule has 43 heavy (non-hydrogen) atoms. The van der Waals surface area contributed by atoms with Gasteiger partial charge in [-0.2, -0.15) is 12.1 Å². The Kier molecular flexibility index (Phi) is 13.5. The Hall–Kier alpha value is -2.48. The summed E-state index contributed by atoms with van der Waals surface area (Å²) >= 11 is 1.74. The maximum atomic E-state index is 2.39. The monoisotopic (exact) mass is 694 g/mol. The number of aryl methyl sites for hydroxylation is 2. The number of hydrogen-bond acceptors (Lipinski definition) is 0. The second-order valence-corrected chi connectivity index (χ2v) is 20.6. The van der Waals surface area contributed by atoms with E-state index in [1.54, 1.807) is 23.3 Å². The van der Waals surface area contributed by atoms with Crippen LogP contribution in [0.5, 0.6) is 0 Å². The number of halogens is 2. The molecule has 0 nitrogen and oxygen atoms in total. The molecule has 0 bridgehead atoms. The molecule has 7 rings (SSSR count). The summed E-state index contributed by atoms with van der Waals surface area (Å²) in [6.45, 7) is 8.96. The van der Waals surface area contributed by atoms with Crippen molar-refractivity contribution < 1.29 is 48.1 Å². The predicted molar refractivity (Wildman–Crippen MR) is 178 cm³/mol. The Balaban J connectivity index is 0.000000203. The fourth-order valence-electron chi connectivity index (χ4n) is 5.71. The third-order valence-electron chi connectivity index (χ3n) is 7.63. The quantitative estimate of drug-likeness (QED) is 0.134. The number of benzene rings is 4. The van der Waals surface area contributed by atoms with Crippen molar-refractivity contribution in [2.24, 2.45) is 0 Å². The Bertz CT molecular complexity index is 1790. The largest absolute Gasteiger partial charge is 1.00 e. The van der Waals surface area contributed by atoms with Gasteiger partial charge in [-0.15, -0.1) is 68.6 Å². The molecule has 6 aromatic carbocycles. The van der Waals surface area contributed by atoms with Gasteiger partial charge in [-0.3, -0.25) is 0 Å². The minimum absolute atomic E-state index is 0. The Morgan fingerprint density at radius 2 is 1.30 bits per heavy atom. The molecule has 0 amide bonds. The van der Waals surface area contributed by atoms with Crippen molar-refractivity contribution in [2.45, 2.75) is 45.7 Å². The van der Waals surface area contributed by atoms with Gasteiger partial charge in [0.05, 0.1) is 0 Å². The summed E-state index contributed by atoms with van der Waals surface area (Å²) in [7, 11) is 0. The fourth-order valence-corrected chi connectivity index (χ4v) is 5.71. The van der Waals surface area contributed by atoms with Crippen molar-refractivity contribution in [2.75, 3.05) is 0 Å². The molecule has 6 aromatic rings. The number of allylic oxidation sites excluding steroid dienone is 2. The zero-order chi connectivity index (χ0) is 28.8. The van der Waals surface area contributed by atoms with Crippen molar-refractivity contribution in [3.63, 3.8) is 0 Å². The molecule has 0 N–H and O–H groups in total. The van der Waals surface area contributed by atoms with E-state index in [9.17, 15) is 0 Å². The minimum atomic E-state index is 0. The third kappa shape index (κ3) is 8.80. The van der Waals surface area contributed by atoms with E-state index in [0.29, 0.717) is 5.92 Å². The Morgan fingerprint density at radius 3 is 1.88 bits per heavy atom. The van der Waals surface area contributed by atoms with E-state index in [0.717, 1.165) is 0 Å². The second-order valence-electron chi connectivity index (χ2n) is 11.2. The molecule has 0 saturated carbocycles. The van der Waals surface area contributed by atoms with E-state index in [2.05, 4.69) is 154 Å². The van der Waals surface area contributed by atoms with Crippen LogP contribution in [0, 0.1) is 13.8 Å². The zero-order valence-electron chi connectivity index (χ0n) is 25.4. The van der Waals surface area contributed by atoms with Crippen LogP contribution in [0.25, 0.3) is 43.8 Å². The summed E-state index contributed by atoms with van der Waals surface area (Å²) in [6.07, 6.45) is 7.14. The van der Waals surface area contributed by atoms with Gasteiger partial charge in [0.15, 0.2) is 0 Å². The van der Waals surface area contributed by atoms with Crippen LogP contribution in [-0.4, -0.2) is 5.43 Å². The van der Waals surface area contributed by atoms with Crippen LogP contribution in [0.4, 0.5) is 0 Å². The molecule has 1 aliphatic rings. The topological polar surface area (TPSA) is 0 Å². The fraction of sp³-hybridized carbons (Fsp3) is 0.179. The first-order valence-corrected chi connectivity index (χ1v) is 20.7. The van der Waals surface area contributed by atoms with Crippen LogP contribution in [-0.2, 0) is 23.3 Å². The maximum absolute atomic E-state index is 2.39. The number of hydrogen-bond donors (Lipinski definition) is 0. The average molecular weight is 697 g/mol. The van der Waals surface area contributed by atoms with Crippen molar-refractivity contribution in [1.82, 2.24) is 0 Å².